The van der Waals surface area contributed by atoms with Crippen LogP contribution in [0.25, 0.3) is 11.1 Å². The minimum Gasteiger partial charge on any atom is -0.408 e. The summed E-state index contributed by atoms with van der Waals surface area (Å²) in [6.07, 6.45) is 0. The Balaban J connectivity index is 1.44. The maximum atomic E-state index is 12.7. The van der Waals surface area contributed by atoms with Crippen LogP contribution in [0.3, 0.4) is 0 Å². The summed E-state index contributed by atoms with van der Waals surface area (Å²) >= 11 is 0. The summed E-state index contributed by atoms with van der Waals surface area (Å²) in [5.41, 5.74) is 2.20. The number of oxazole rings is 1. The molecule has 0 atom stereocenters. The van der Waals surface area contributed by atoms with Gasteiger partial charge in [0.1, 0.15) is 0 Å². The molecule has 0 spiro atoms. The van der Waals surface area contributed by atoms with Gasteiger partial charge < -0.3 is 14.2 Å². The van der Waals surface area contributed by atoms with Crippen LogP contribution in [0.4, 0.5) is 0 Å². The largest absolute Gasteiger partial charge is 0.417 e. The van der Waals surface area contributed by atoms with Gasteiger partial charge in [0.15, 0.2) is 5.58 Å². The highest BCUT2D eigenvalue weighted by Gasteiger charge is 2.26. The van der Waals surface area contributed by atoms with Crippen LogP contribution in [0.2, 0.25) is 0 Å². The molecule has 0 radical (unpaired) electrons. The van der Waals surface area contributed by atoms with E-state index in [0.717, 1.165) is 0 Å². The normalized spacial score (nSPS) is 14.1. The highest BCUT2D eigenvalue weighted by molar-refractivity contribution is 5.98. The van der Waals surface area contributed by atoms with Gasteiger partial charge >= 0.3 is 5.76 Å². The Morgan fingerprint density at radius 3 is 2.25 bits per heavy atom. The van der Waals surface area contributed by atoms with Crippen LogP contribution in [-0.4, -0.2) is 52.8 Å². The molecular weight excluding hydrogens is 360 g/mol. The molecule has 3 aromatic rings. The zero-order chi connectivity index (χ0) is 19.7. The van der Waals surface area contributed by atoms with Gasteiger partial charge in [-0.15, -0.1) is 0 Å². The highest BCUT2D eigenvalue weighted by Crippen LogP contribution is 2.16. The third kappa shape index (κ3) is 3.25. The fraction of sp³-hybridized carbons (Fsp3) is 0.200. The summed E-state index contributed by atoms with van der Waals surface area (Å²) in [4.78, 5) is 42.5. The van der Waals surface area contributed by atoms with E-state index in [-0.39, 0.29) is 11.8 Å². The quantitative estimate of drug-likeness (QED) is 0.730. The van der Waals surface area contributed by atoms with Gasteiger partial charge in [0.2, 0.25) is 0 Å². The summed E-state index contributed by atoms with van der Waals surface area (Å²) in [6.45, 7) is 1.61. The van der Waals surface area contributed by atoms with Gasteiger partial charge in [0, 0.05) is 37.3 Å². The Labute approximate surface area is 159 Å². The summed E-state index contributed by atoms with van der Waals surface area (Å²) in [6, 6.07) is 13.4. The van der Waals surface area contributed by atoms with Crippen LogP contribution in [0.15, 0.2) is 51.7 Å². The van der Waals surface area contributed by atoms with E-state index < -0.39 is 5.76 Å². The van der Waals surface area contributed by atoms with E-state index in [0.29, 0.717) is 54.0 Å². The molecule has 0 unspecified atom stereocenters. The van der Waals surface area contributed by atoms with Gasteiger partial charge in [-0.2, -0.15) is 5.26 Å². The average molecular weight is 376 g/mol. The van der Waals surface area contributed by atoms with Gasteiger partial charge in [0.25, 0.3) is 11.8 Å². The van der Waals surface area contributed by atoms with Crippen molar-refractivity contribution in [3.63, 3.8) is 0 Å². The molecule has 2 amide bonds. The molecule has 4 rings (SSSR count). The van der Waals surface area contributed by atoms with Crippen molar-refractivity contribution in [3.8, 4) is 6.07 Å². The van der Waals surface area contributed by atoms with Crippen molar-refractivity contribution >= 4 is 22.9 Å². The van der Waals surface area contributed by atoms with Crippen LogP contribution >= 0.6 is 0 Å². The second-order valence-corrected chi connectivity index (χ2v) is 6.50. The molecule has 28 heavy (non-hydrogen) atoms. The number of nitriles is 1. The van der Waals surface area contributed by atoms with Gasteiger partial charge in [-0.25, -0.2) is 4.79 Å². The van der Waals surface area contributed by atoms with Crippen LogP contribution in [0.5, 0.6) is 0 Å². The Hall–Kier alpha value is -3.86. The molecule has 1 fully saturated rings. The molecule has 0 bridgehead atoms. The molecule has 1 aliphatic rings. The number of fused-ring (bicyclic) bond motifs is 1. The number of carbonyl (C=O) groups is 2. The summed E-state index contributed by atoms with van der Waals surface area (Å²) < 4.78 is 5.00. The minimum atomic E-state index is -0.563. The summed E-state index contributed by atoms with van der Waals surface area (Å²) in [7, 11) is 0. The number of nitrogens with one attached hydrogen (secondary N) is 1. The van der Waals surface area contributed by atoms with E-state index in [1.165, 1.54) is 0 Å². The topological polar surface area (TPSA) is 110 Å². The molecule has 140 valence electrons. The molecule has 8 nitrogen and oxygen atoms in total. The average Bonchev–Trinajstić information content (AvgIpc) is 3.12. The lowest BCUT2D eigenvalue weighted by Crippen LogP contribution is -2.50. The van der Waals surface area contributed by atoms with Crippen molar-refractivity contribution in [2.24, 2.45) is 0 Å². The smallest absolute Gasteiger partial charge is 0.408 e. The number of nitrogens with zero attached hydrogens (tertiary/aromatic N) is 3. The van der Waals surface area contributed by atoms with Crippen molar-refractivity contribution in [2.75, 3.05) is 26.2 Å². The number of hydrogen-bond donors (Lipinski definition) is 1. The number of piperazine rings is 1. The van der Waals surface area contributed by atoms with Gasteiger partial charge in [-0.05, 0) is 36.4 Å². The SMILES string of the molecule is N#Cc1cccc(C(=O)N2CCN(C(=O)c3ccc4[nH]c(=O)oc4c3)CC2)c1. The predicted molar refractivity (Wildman–Crippen MR) is 99.8 cm³/mol. The second kappa shape index (κ2) is 7.04. The summed E-state index contributed by atoms with van der Waals surface area (Å²) in [5.74, 6) is -0.892. The van der Waals surface area contributed by atoms with Gasteiger partial charge in [0.05, 0.1) is 17.1 Å². The first kappa shape index (κ1) is 17.5. The lowest BCUT2D eigenvalue weighted by atomic mass is 10.1. The molecule has 8 heteroatoms. The Morgan fingerprint density at radius 2 is 1.61 bits per heavy atom. The molecule has 1 saturated heterocycles. The molecular formula is C20H16N4O4. The number of amides is 2. The zero-order valence-corrected chi connectivity index (χ0v) is 14.8. The fourth-order valence-electron chi connectivity index (χ4n) is 3.28. The van der Waals surface area contributed by atoms with Crippen molar-refractivity contribution < 1.29 is 14.0 Å². The maximum absolute atomic E-state index is 12.7. The molecule has 1 N–H and O–H groups in total. The van der Waals surface area contributed by atoms with Crippen molar-refractivity contribution in [2.45, 2.75) is 0 Å². The lowest BCUT2D eigenvalue weighted by Gasteiger charge is -2.34. The minimum absolute atomic E-state index is 0.153. The fourth-order valence-corrected chi connectivity index (χ4v) is 3.28. The van der Waals surface area contributed by atoms with Gasteiger partial charge in [-0.3, -0.25) is 14.6 Å². The van der Waals surface area contributed by atoms with Crippen molar-refractivity contribution in [1.29, 1.82) is 5.26 Å². The number of hydrogen-bond acceptors (Lipinski definition) is 5. The second-order valence-electron chi connectivity index (χ2n) is 6.50. The predicted octanol–water partition coefficient (Wildman–Crippen LogP) is 1.59. The Kier molecular flexibility index (Phi) is 4.41. The third-order valence-electron chi connectivity index (χ3n) is 4.76. The number of H-pyrrole nitrogens is 1. The first-order valence-electron chi connectivity index (χ1n) is 8.77. The van der Waals surface area contributed by atoms with Crippen LogP contribution in [-0.2, 0) is 0 Å². The third-order valence-corrected chi connectivity index (χ3v) is 4.76. The monoisotopic (exact) mass is 376 g/mol. The molecule has 2 heterocycles. The molecule has 2 aromatic carbocycles. The first-order valence-corrected chi connectivity index (χ1v) is 8.77. The Bertz CT molecular complexity index is 1160. The van der Waals surface area contributed by atoms with E-state index >= 15 is 0 Å². The van der Waals surface area contributed by atoms with E-state index in [2.05, 4.69) is 4.98 Å². The molecule has 0 saturated carbocycles. The van der Waals surface area contributed by atoms with Crippen LogP contribution < -0.4 is 5.76 Å². The van der Waals surface area contributed by atoms with Gasteiger partial charge in [-0.1, -0.05) is 6.07 Å². The first-order chi connectivity index (χ1) is 13.5. The van der Waals surface area contributed by atoms with Crippen molar-refractivity contribution in [1.82, 2.24) is 14.8 Å². The molecule has 0 aliphatic carbocycles. The lowest BCUT2D eigenvalue weighted by molar-refractivity contribution is 0.0535. The number of carbonyl (C=O) groups excluding carboxylic acids is 2. The van der Waals surface area contributed by atoms with Crippen LogP contribution in [0, 0.1) is 11.3 Å². The number of aromatic amines is 1. The van der Waals surface area contributed by atoms with E-state index in [9.17, 15) is 14.4 Å². The Morgan fingerprint density at radius 1 is 0.964 bits per heavy atom. The standard InChI is InChI=1S/C20H16N4O4/c21-12-13-2-1-3-14(10-13)18(25)23-6-8-24(9-7-23)19(26)15-4-5-16-17(11-15)28-20(27)22-16/h1-5,10-11H,6-9H2,(H,22,27). The number of rotatable bonds is 2. The summed E-state index contributed by atoms with van der Waals surface area (Å²) in [5, 5.41) is 8.98. The van der Waals surface area contributed by atoms with E-state index in [4.69, 9.17) is 9.68 Å². The van der Waals surface area contributed by atoms with E-state index in [1.807, 2.05) is 6.07 Å². The van der Waals surface area contributed by atoms with E-state index in [1.54, 1.807) is 52.3 Å². The van der Waals surface area contributed by atoms with Crippen molar-refractivity contribution in [3.05, 3.63) is 69.7 Å². The zero-order valence-electron chi connectivity index (χ0n) is 14.8. The highest BCUT2D eigenvalue weighted by atomic mass is 16.4. The molecule has 1 aromatic heterocycles. The molecule has 1 aliphatic heterocycles. The van der Waals surface area contributed by atoms with Crippen LogP contribution in [0.1, 0.15) is 26.3 Å². The maximum Gasteiger partial charge on any atom is 0.417 e. The number of aromatic nitrogens is 1. The number of benzene rings is 2.